The Labute approximate surface area is 115 Å². The number of aromatic nitrogens is 2. The zero-order chi connectivity index (χ0) is 14.6. The van der Waals surface area contributed by atoms with E-state index in [1.165, 1.54) is 0 Å². The Hall–Kier alpha value is -1.36. The maximum atomic E-state index is 12.4. The third-order valence-electron chi connectivity index (χ3n) is 3.17. The van der Waals surface area contributed by atoms with Crippen molar-refractivity contribution in [1.29, 1.82) is 0 Å². The first-order valence-corrected chi connectivity index (χ1v) is 6.66. The summed E-state index contributed by atoms with van der Waals surface area (Å²) in [7, 11) is 3.73. The highest BCUT2D eigenvalue weighted by Crippen LogP contribution is 2.25. The minimum atomic E-state index is -0.120. The molecule has 1 amide bonds. The Kier molecular flexibility index (Phi) is 5.11. The highest BCUT2D eigenvalue weighted by molar-refractivity contribution is 5.78. The zero-order valence-electron chi connectivity index (χ0n) is 12.7. The smallest absolute Gasteiger partial charge is 0.227 e. The van der Waals surface area contributed by atoms with Crippen molar-refractivity contribution in [3.8, 4) is 0 Å². The molecule has 2 N–H and O–H groups in total. The van der Waals surface area contributed by atoms with Gasteiger partial charge in [-0.1, -0.05) is 20.8 Å². The van der Waals surface area contributed by atoms with E-state index in [9.17, 15) is 4.79 Å². The van der Waals surface area contributed by atoms with Gasteiger partial charge in [0, 0.05) is 33.0 Å². The number of nitrogens with two attached hydrogens (primary N) is 1. The summed E-state index contributed by atoms with van der Waals surface area (Å²) in [6.07, 6.45) is 4.42. The van der Waals surface area contributed by atoms with Gasteiger partial charge >= 0.3 is 0 Å². The maximum absolute atomic E-state index is 12.4. The van der Waals surface area contributed by atoms with Gasteiger partial charge in [0.2, 0.25) is 5.91 Å². The van der Waals surface area contributed by atoms with Crippen molar-refractivity contribution in [2.45, 2.75) is 33.7 Å². The van der Waals surface area contributed by atoms with Gasteiger partial charge in [-0.2, -0.15) is 0 Å². The molecule has 0 radical (unpaired) electrons. The number of nitrogens with zero attached hydrogens (tertiary/aromatic N) is 3. The molecule has 5 nitrogen and oxygen atoms in total. The Morgan fingerprint density at radius 2 is 2.16 bits per heavy atom. The fourth-order valence-electron chi connectivity index (χ4n) is 2.16. The standard InChI is InChI=1S/C14H26N4O/c1-14(2,3)8-11(9-15)13(19)18(5)10-12-16-6-7-17(12)4/h6-7,11H,8-10,15H2,1-5H3. The summed E-state index contributed by atoms with van der Waals surface area (Å²) >= 11 is 0. The number of amides is 1. The molecule has 0 spiro atoms. The first kappa shape index (κ1) is 15.7. The lowest BCUT2D eigenvalue weighted by molar-refractivity contribution is -0.135. The molecule has 1 atom stereocenters. The van der Waals surface area contributed by atoms with Gasteiger partial charge in [-0.3, -0.25) is 4.79 Å². The van der Waals surface area contributed by atoms with Crippen LogP contribution in [0, 0.1) is 11.3 Å². The first-order chi connectivity index (χ1) is 8.74. The van der Waals surface area contributed by atoms with Gasteiger partial charge in [0.25, 0.3) is 0 Å². The number of hydrogen-bond acceptors (Lipinski definition) is 3. The monoisotopic (exact) mass is 266 g/mol. The summed E-state index contributed by atoms with van der Waals surface area (Å²) in [4.78, 5) is 18.3. The van der Waals surface area contributed by atoms with Gasteiger partial charge in [0.15, 0.2) is 0 Å². The quantitative estimate of drug-likeness (QED) is 0.876. The second-order valence-corrected chi connectivity index (χ2v) is 6.35. The van der Waals surface area contributed by atoms with Crippen molar-refractivity contribution in [3.63, 3.8) is 0 Å². The minimum Gasteiger partial charge on any atom is -0.338 e. The van der Waals surface area contributed by atoms with Gasteiger partial charge in [0.1, 0.15) is 5.82 Å². The average molecular weight is 266 g/mol. The van der Waals surface area contributed by atoms with Crippen LogP contribution in [0.5, 0.6) is 0 Å². The predicted molar refractivity (Wildman–Crippen MR) is 76.3 cm³/mol. The highest BCUT2D eigenvalue weighted by Gasteiger charge is 2.26. The number of hydrogen-bond donors (Lipinski definition) is 1. The lowest BCUT2D eigenvalue weighted by atomic mass is 9.84. The maximum Gasteiger partial charge on any atom is 0.227 e. The van der Waals surface area contributed by atoms with E-state index in [2.05, 4.69) is 25.8 Å². The van der Waals surface area contributed by atoms with E-state index in [0.717, 1.165) is 12.2 Å². The van der Waals surface area contributed by atoms with E-state index in [1.807, 2.05) is 24.9 Å². The molecule has 0 fully saturated rings. The summed E-state index contributed by atoms with van der Waals surface area (Å²) < 4.78 is 1.92. The molecular weight excluding hydrogens is 240 g/mol. The molecule has 5 heteroatoms. The molecule has 0 saturated carbocycles. The van der Waals surface area contributed by atoms with Crippen LogP contribution in [0.4, 0.5) is 0 Å². The van der Waals surface area contributed by atoms with Crippen LogP contribution in [-0.2, 0) is 18.4 Å². The number of aryl methyl sites for hydroxylation is 1. The van der Waals surface area contributed by atoms with Crippen LogP contribution in [0.25, 0.3) is 0 Å². The summed E-state index contributed by atoms with van der Waals surface area (Å²) in [6, 6.07) is 0. The molecular formula is C14H26N4O. The van der Waals surface area contributed by atoms with Crippen LogP contribution in [-0.4, -0.2) is 34.0 Å². The second kappa shape index (κ2) is 6.19. The Morgan fingerprint density at radius 1 is 1.53 bits per heavy atom. The molecule has 1 rings (SSSR count). The first-order valence-electron chi connectivity index (χ1n) is 6.66. The van der Waals surface area contributed by atoms with Crippen LogP contribution in [0.2, 0.25) is 0 Å². The minimum absolute atomic E-state index is 0.0976. The van der Waals surface area contributed by atoms with Crippen LogP contribution < -0.4 is 5.73 Å². The SMILES string of the molecule is CN(Cc1nccn1C)C(=O)C(CN)CC(C)(C)C. The summed E-state index contributed by atoms with van der Waals surface area (Å²) in [5.41, 5.74) is 5.85. The fraction of sp³-hybridized carbons (Fsp3) is 0.714. The molecule has 0 aromatic carbocycles. The summed E-state index contributed by atoms with van der Waals surface area (Å²) in [5, 5.41) is 0. The van der Waals surface area contributed by atoms with Crippen molar-refractivity contribution < 1.29 is 4.79 Å². The van der Waals surface area contributed by atoms with Crippen LogP contribution >= 0.6 is 0 Å². The number of rotatable bonds is 5. The number of carbonyl (C=O) groups excluding carboxylic acids is 1. The molecule has 1 aromatic rings. The molecule has 0 aliphatic rings. The van der Waals surface area contributed by atoms with Crippen molar-refractivity contribution in [3.05, 3.63) is 18.2 Å². The van der Waals surface area contributed by atoms with Crippen molar-refractivity contribution in [1.82, 2.24) is 14.5 Å². The molecule has 19 heavy (non-hydrogen) atoms. The Morgan fingerprint density at radius 3 is 2.58 bits per heavy atom. The fourth-order valence-corrected chi connectivity index (χ4v) is 2.16. The molecule has 1 unspecified atom stereocenters. The van der Waals surface area contributed by atoms with E-state index in [1.54, 1.807) is 11.1 Å². The van der Waals surface area contributed by atoms with Crippen LogP contribution in [0.3, 0.4) is 0 Å². The largest absolute Gasteiger partial charge is 0.338 e. The van der Waals surface area contributed by atoms with Gasteiger partial charge < -0.3 is 15.2 Å². The van der Waals surface area contributed by atoms with Crippen molar-refractivity contribution in [2.75, 3.05) is 13.6 Å². The van der Waals surface area contributed by atoms with Gasteiger partial charge in [-0.15, -0.1) is 0 Å². The Bertz CT molecular complexity index is 419. The highest BCUT2D eigenvalue weighted by atomic mass is 16.2. The summed E-state index contributed by atoms with van der Waals surface area (Å²) in [5.74, 6) is 0.855. The predicted octanol–water partition coefficient (Wildman–Crippen LogP) is 1.39. The van der Waals surface area contributed by atoms with Gasteiger partial charge in [-0.25, -0.2) is 4.98 Å². The Balaban J connectivity index is 2.67. The van der Waals surface area contributed by atoms with Gasteiger partial charge in [-0.05, 0) is 11.8 Å². The second-order valence-electron chi connectivity index (χ2n) is 6.35. The van der Waals surface area contributed by atoms with E-state index in [-0.39, 0.29) is 17.2 Å². The van der Waals surface area contributed by atoms with Gasteiger partial charge in [0.05, 0.1) is 12.5 Å². The van der Waals surface area contributed by atoms with E-state index < -0.39 is 0 Å². The molecule has 1 aromatic heterocycles. The number of imidazole rings is 1. The average Bonchev–Trinajstić information content (AvgIpc) is 2.70. The third kappa shape index (κ3) is 4.67. The molecule has 108 valence electrons. The molecule has 0 aliphatic heterocycles. The third-order valence-corrected chi connectivity index (χ3v) is 3.17. The molecule has 0 bridgehead atoms. The summed E-state index contributed by atoms with van der Waals surface area (Å²) in [6.45, 7) is 7.29. The van der Waals surface area contributed by atoms with E-state index in [4.69, 9.17) is 5.73 Å². The lowest BCUT2D eigenvalue weighted by Gasteiger charge is -2.28. The molecule has 0 aliphatic carbocycles. The van der Waals surface area contributed by atoms with E-state index >= 15 is 0 Å². The van der Waals surface area contributed by atoms with E-state index in [0.29, 0.717) is 13.1 Å². The molecule has 1 heterocycles. The van der Waals surface area contributed by atoms with Crippen molar-refractivity contribution >= 4 is 5.91 Å². The number of carbonyl (C=O) groups is 1. The van der Waals surface area contributed by atoms with Crippen molar-refractivity contribution in [2.24, 2.45) is 24.1 Å². The topological polar surface area (TPSA) is 64.2 Å². The van der Waals surface area contributed by atoms with Crippen LogP contribution in [0.1, 0.15) is 33.0 Å². The zero-order valence-corrected chi connectivity index (χ0v) is 12.7. The normalized spacial score (nSPS) is 13.4. The molecule has 0 saturated heterocycles. The lowest BCUT2D eigenvalue weighted by Crippen LogP contribution is -2.38. The van der Waals surface area contributed by atoms with Crippen LogP contribution in [0.15, 0.2) is 12.4 Å².